The van der Waals surface area contributed by atoms with Gasteiger partial charge in [0.1, 0.15) is 10.8 Å². The van der Waals surface area contributed by atoms with Crippen LogP contribution in [0.5, 0.6) is 0 Å². The molecule has 0 spiro atoms. The Labute approximate surface area is 95.4 Å². The van der Waals surface area contributed by atoms with Crippen molar-refractivity contribution in [3.05, 3.63) is 34.5 Å². The zero-order valence-corrected chi connectivity index (χ0v) is 9.28. The molecule has 0 aromatic carbocycles. The molecule has 0 unspecified atom stereocenters. The van der Waals surface area contributed by atoms with Crippen molar-refractivity contribution in [1.29, 1.82) is 0 Å². The first-order chi connectivity index (χ1) is 7.63. The number of nitrogens with zero attached hydrogens (tertiary/aromatic N) is 3. The Balaban J connectivity index is 2.26. The molecule has 0 aliphatic carbocycles. The molecule has 2 aromatic rings. The summed E-state index contributed by atoms with van der Waals surface area (Å²) in [6.07, 6.45) is 2.98. The van der Waals surface area contributed by atoms with Gasteiger partial charge in [-0.1, -0.05) is 0 Å². The van der Waals surface area contributed by atoms with Crippen molar-refractivity contribution in [1.82, 2.24) is 19.9 Å². The average Bonchev–Trinajstić information content (AvgIpc) is 2.20. The quantitative estimate of drug-likeness (QED) is 0.740. The zero-order chi connectivity index (χ0) is 11.5. The highest BCUT2D eigenvalue weighted by atomic mass is 32.2. The Hall–Kier alpha value is -1.89. The smallest absolute Gasteiger partial charge is 0.251 e. The summed E-state index contributed by atoms with van der Waals surface area (Å²) in [7, 11) is 0. The summed E-state index contributed by atoms with van der Waals surface area (Å²) in [4.78, 5) is 25.9. The Morgan fingerprint density at radius 3 is 2.81 bits per heavy atom. The number of hydrogen-bond acceptors (Lipinski definition) is 6. The number of H-pyrrole nitrogens is 1. The van der Waals surface area contributed by atoms with Gasteiger partial charge in [0.25, 0.3) is 5.56 Å². The molecule has 82 valence electrons. The molecular formula is C9H9N5OS. The van der Waals surface area contributed by atoms with Crippen LogP contribution in [0.25, 0.3) is 0 Å². The summed E-state index contributed by atoms with van der Waals surface area (Å²) in [6.45, 7) is 1.76. The Morgan fingerprint density at radius 2 is 2.19 bits per heavy atom. The molecule has 0 atom stereocenters. The summed E-state index contributed by atoms with van der Waals surface area (Å²) in [6, 6.07) is 1.43. The molecule has 0 saturated heterocycles. The number of aryl methyl sites for hydroxylation is 1. The maximum atomic E-state index is 11.2. The highest BCUT2D eigenvalue weighted by molar-refractivity contribution is 7.99. The zero-order valence-electron chi connectivity index (χ0n) is 8.47. The highest BCUT2D eigenvalue weighted by Gasteiger charge is 2.02. The first-order valence-corrected chi connectivity index (χ1v) is 5.28. The van der Waals surface area contributed by atoms with Gasteiger partial charge in [-0.3, -0.25) is 4.79 Å². The molecule has 0 bridgehead atoms. The summed E-state index contributed by atoms with van der Waals surface area (Å²) in [5.74, 6) is 0.357. The topological polar surface area (TPSA) is 97.5 Å². The monoisotopic (exact) mass is 235 g/mol. The van der Waals surface area contributed by atoms with E-state index in [1.165, 1.54) is 30.2 Å². The van der Waals surface area contributed by atoms with Crippen LogP contribution in [0.15, 0.2) is 33.4 Å². The lowest BCUT2D eigenvalue weighted by Crippen LogP contribution is -2.08. The number of anilines is 1. The van der Waals surface area contributed by atoms with Crippen molar-refractivity contribution < 1.29 is 0 Å². The van der Waals surface area contributed by atoms with E-state index in [9.17, 15) is 4.79 Å². The minimum Gasteiger partial charge on any atom is -0.382 e. The molecular weight excluding hydrogens is 226 g/mol. The Morgan fingerprint density at radius 1 is 1.38 bits per heavy atom. The first kappa shape index (κ1) is 10.6. The average molecular weight is 235 g/mol. The van der Waals surface area contributed by atoms with Gasteiger partial charge >= 0.3 is 0 Å². The van der Waals surface area contributed by atoms with Crippen molar-refractivity contribution in [2.45, 2.75) is 17.1 Å². The number of hydrogen-bond donors (Lipinski definition) is 2. The van der Waals surface area contributed by atoms with Gasteiger partial charge in [0.15, 0.2) is 5.16 Å². The Kier molecular flexibility index (Phi) is 2.86. The van der Waals surface area contributed by atoms with Gasteiger partial charge in [0, 0.05) is 11.8 Å². The SMILES string of the molecule is Cc1cc(=O)[nH]c(Sc2cnc(N)cn2)n1. The van der Waals surface area contributed by atoms with E-state index in [0.717, 1.165) is 0 Å². The molecule has 0 fully saturated rings. The number of nitrogen functional groups attached to an aromatic ring is 1. The number of nitrogens with two attached hydrogens (primary N) is 1. The van der Waals surface area contributed by atoms with Crippen LogP contribution in [0.2, 0.25) is 0 Å². The molecule has 0 amide bonds. The molecule has 2 heterocycles. The van der Waals surface area contributed by atoms with Gasteiger partial charge in [-0.05, 0) is 18.7 Å². The van der Waals surface area contributed by atoms with Crippen molar-refractivity contribution in [3.63, 3.8) is 0 Å². The Bertz CT molecular complexity index is 551. The van der Waals surface area contributed by atoms with Gasteiger partial charge in [-0.15, -0.1) is 0 Å². The number of rotatable bonds is 2. The third kappa shape index (κ3) is 2.57. The van der Waals surface area contributed by atoms with Crippen LogP contribution in [-0.2, 0) is 0 Å². The van der Waals surface area contributed by atoms with E-state index in [-0.39, 0.29) is 5.56 Å². The molecule has 0 radical (unpaired) electrons. The molecule has 3 N–H and O–H groups in total. The summed E-state index contributed by atoms with van der Waals surface area (Å²) in [5, 5.41) is 1.12. The second-order valence-electron chi connectivity index (χ2n) is 3.07. The fourth-order valence-corrected chi connectivity index (χ4v) is 1.83. The van der Waals surface area contributed by atoms with Crippen molar-refractivity contribution in [2.75, 3.05) is 5.73 Å². The molecule has 0 aliphatic heterocycles. The van der Waals surface area contributed by atoms with E-state index >= 15 is 0 Å². The van der Waals surface area contributed by atoms with E-state index in [2.05, 4.69) is 19.9 Å². The normalized spacial score (nSPS) is 10.3. The highest BCUT2D eigenvalue weighted by Crippen LogP contribution is 2.20. The van der Waals surface area contributed by atoms with Crippen LogP contribution in [0, 0.1) is 6.92 Å². The maximum Gasteiger partial charge on any atom is 0.251 e. The minimum absolute atomic E-state index is 0.182. The molecule has 0 saturated carbocycles. The van der Waals surface area contributed by atoms with Crippen molar-refractivity contribution >= 4 is 17.6 Å². The summed E-state index contributed by atoms with van der Waals surface area (Å²) in [5.41, 5.74) is 5.89. The van der Waals surface area contributed by atoms with Crippen LogP contribution in [-0.4, -0.2) is 19.9 Å². The van der Waals surface area contributed by atoms with Gasteiger partial charge in [0.2, 0.25) is 0 Å². The van der Waals surface area contributed by atoms with Crippen molar-refractivity contribution in [2.24, 2.45) is 0 Å². The van der Waals surface area contributed by atoms with Gasteiger partial charge in [-0.2, -0.15) is 0 Å². The second-order valence-corrected chi connectivity index (χ2v) is 4.08. The van der Waals surface area contributed by atoms with Gasteiger partial charge < -0.3 is 10.7 Å². The molecule has 2 aromatic heterocycles. The molecule has 16 heavy (non-hydrogen) atoms. The maximum absolute atomic E-state index is 11.2. The largest absolute Gasteiger partial charge is 0.382 e. The van der Waals surface area contributed by atoms with Crippen LogP contribution in [0.1, 0.15) is 5.69 Å². The summed E-state index contributed by atoms with van der Waals surface area (Å²) >= 11 is 1.23. The van der Waals surface area contributed by atoms with E-state index in [1.807, 2.05) is 0 Å². The van der Waals surface area contributed by atoms with E-state index in [0.29, 0.717) is 21.7 Å². The second kappa shape index (κ2) is 4.31. The van der Waals surface area contributed by atoms with Crippen LogP contribution < -0.4 is 11.3 Å². The van der Waals surface area contributed by atoms with Crippen LogP contribution in [0.4, 0.5) is 5.82 Å². The number of nitrogens with one attached hydrogen (secondary N) is 1. The fraction of sp³-hybridized carbons (Fsp3) is 0.111. The predicted octanol–water partition coefficient (Wildman–Crippen LogP) is 0.602. The van der Waals surface area contributed by atoms with E-state index in [1.54, 1.807) is 6.92 Å². The number of aromatic nitrogens is 4. The van der Waals surface area contributed by atoms with Gasteiger partial charge in [-0.25, -0.2) is 15.0 Å². The lowest BCUT2D eigenvalue weighted by Gasteiger charge is -2.00. The molecule has 0 aliphatic rings. The van der Waals surface area contributed by atoms with Crippen LogP contribution >= 0.6 is 11.8 Å². The molecule has 2 rings (SSSR count). The predicted molar refractivity (Wildman–Crippen MR) is 60.2 cm³/mol. The fourth-order valence-electron chi connectivity index (χ4n) is 1.08. The molecule has 7 heteroatoms. The third-order valence-corrected chi connectivity index (χ3v) is 2.50. The number of aromatic amines is 1. The van der Waals surface area contributed by atoms with E-state index in [4.69, 9.17) is 5.73 Å². The lowest BCUT2D eigenvalue weighted by atomic mass is 10.5. The van der Waals surface area contributed by atoms with Crippen LogP contribution in [0.3, 0.4) is 0 Å². The van der Waals surface area contributed by atoms with Crippen molar-refractivity contribution in [3.8, 4) is 0 Å². The first-order valence-electron chi connectivity index (χ1n) is 4.47. The lowest BCUT2D eigenvalue weighted by molar-refractivity contribution is 0.900. The molecule has 6 nitrogen and oxygen atoms in total. The van der Waals surface area contributed by atoms with E-state index < -0.39 is 0 Å². The standard InChI is InChI=1S/C9H9N5OS/c1-5-2-7(15)14-9(13-5)16-8-4-11-6(10)3-12-8/h2-4H,1H3,(H2,10,11)(H,13,14,15). The summed E-state index contributed by atoms with van der Waals surface area (Å²) < 4.78 is 0. The third-order valence-electron chi connectivity index (χ3n) is 1.70. The minimum atomic E-state index is -0.182. The van der Waals surface area contributed by atoms with Gasteiger partial charge in [0.05, 0.1) is 12.4 Å².